The maximum atomic E-state index is 9.72. The second-order valence-corrected chi connectivity index (χ2v) is 4.43. The molecule has 5 heteroatoms. The maximum absolute atomic E-state index is 9.72. The van der Waals surface area contributed by atoms with Crippen molar-refractivity contribution in [1.82, 2.24) is 10.2 Å². The topological polar surface area (TPSA) is 49.2 Å². The molecule has 0 aromatic carbocycles. The fourth-order valence-electron chi connectivity index (χ4n) is 1.30. The smallest absolute Gasteiger partial charge is 0.151 e. The summed E-state index contributed by atoms with van der Waals surface area (Å²) in [7, 11) is 0. The first-order valence-electron chi connectivity index (χ1n) is 4.89. The number of aliphatic hydroxyl groups is 1. The van der Waals surface area contributed by atoms with E-state index in [0.29, 0.717) is 11.7 Å². The van der Waals surface area contributed by atoms with Crippen molar-refractivity contribution < 1.29 is 5.11 Å². The van der Waals surface area contributed by atoms with Crippen molar-refractivity contribution in [2.45, 2.75) is 26.4 Å². The number of rotatable bonds is 4. The minimum absolute atomic E-state index is 0.373. The van der Waals surface area contributed by atoms with Gasteiger partial charge in [0.05, 0.1) is 5.60 Å². The molecule has 0 radical (unpaired) electrons. The molecule has 0 atom stereocenters. The van der Waals surface area contributed by atoms with Crippen molar-refractivity contribution in [2.75, 3.05) is 18.0 Å². The molecule has 15 heavy (non-hydrogen) atoms. The monoisotopic (exact) mass is 229 g/mol. The van der Waals surface area contributed by atoms with Gasteiger partial charge >= 0.3 is 0 Å². The highest BCUT2D eigenvalue weighted by Crippen LogP contribution is 2.14. The zero-order valence-corrected chi connectivity index (χ0v) is 9.99. The average Bonchev–Trinajstić information content (AvgIpc) is 2.14. The summed E-state index contributed by atoms with van der Waals surface area (Å²) in [6.45, 7) is 6.81. The van der Waals surface area contributed by atoms with Crippen molar-refractivity contribution in [1.29, 1.82) is 0 Å². The Labute approximate surface area is 94.9 Å². The van der Waals surface area contributed by atoms with Crippen molar-refractivity contribution in [2.24, 2.45) is 0 Å². The van der Waals surface area contributed by atoms with Crippen molar-refractivity contribution in [3.63, 3.8) is 0 Å². The molecule has 0 fully saturated rings. The number of hydrogen-bond donors (Lipinski definition) is 1. The van der Waals surface area contributed by atoms with E-state index in [1.54, 1.807) is 26.0 Å². The zero-order chi connectivity index (χ0) is 11.5. The molecule has 1 aromatic heterocycles. The van der Waals surface area contributed by atoms with E-state index in [2.05, 4.69) is 10.2 Å². The van der Waals surface area contributed by atoms with E-state index in [9.17, 15) is 5.11 Å². The molecule has 0 aliphatic heterocycles. The van der Waals surface area contributed by atoms with Crippen LogP contribution in [0.2, 0.25) is 5.15 Å². The molecule has 0 aliphatic rings. The lowest BCUT2D eigenvalue weighted by molar-refractivity contribution is 0.0874. The molecule has 4 nitrogen and oxygen atoms in total. The molecule has 0 amide bonds. The summed E-state index contributed by atoms with van der Waals surface area (Å²) in [5, 5.41) is 17.8. The first kappa shape index (κ1) is 12.2. The molecule has 1 aromatic rings. The maximum Gasteiger partial charge on any atom is 0.151 e. The molecule has 0 aliphatic carbocycles. The Kier molecular flexibility index (Phi) is 3.88. The van der Waals surface area contributed by atoms with Gasteiger partial charge in [-0.3, -0.25) is 0 Å². The highest BCUT2D eigenvalue weighted by atomic mass is 35.5. The van der Waals surface area contributed by atoms with Gasteiger partial charge in [-0.2, -0.15) is 0 Å². The minimum Gasteiger partial charge on any atom is -0.389 e. The first-order chi connectivity index (χ1) is 6.92. The largest absolute Gasteiger partial charge is 0.389 e. The van der Waals surface area contributed by atoms with Gasteiger partial charge in [0.25, 0.3) is 0 Å². The van der Waals surface area contributed by atoms with Crippen LogP contribution in [0.1, 0.15) is 20.8 Å². The van der Waals surface area contributed by atoms with E-state index in [4.69, 9.17) is 11.6 Å². The summed E-state index contributed by atoms with van der Waals surface area (Å²) < 4.78 is 0. The van der Waals surface area contributed by atoms with Crippen molar-refractivity contribution in [3.05, 3.63) is 17.3 Å². The van der Waals surface area contributed by atoms with Crippen LogP contribution in [0.5, 0.6) is 0 Å². The molecule has 0 unspecified atom stereocenters. The van der Waals surface area contributed by atoms with Crippen LogP contribution in [0.3, 0.4) is 0 Å². The molecule has 1 heterocycles. The van der Waals surface area contributed by atoms with E-state index in [1.807, 2.05) is 11.8 Å². The number of anilines is 1. The lowest BCUT2D eigenvalue weighted by Crippen LogP contribution is -2.39. The number of halogens is 1. The van der Waals surface area contributed by atoms with Gasteiger partial charge in [-0.15, -0.1) is 10.2 Å². The Morgan fingerprint density at radius 2 is 2.07 bits per heavy atom. The van der Waals surface area contributed by atoms with Crippen LogP contribution in [-0.2, 0) is 0 Å². The highest BCUT2D eigenvalue weighted by molar-refractivity contribution is 6.29. The van der Waals surface area contributed by atoms with Crippen LogP contribution >= 0.6 is 11.6 Å². The quantitative estimate of drug-likeness (QED) is 0.854. The molecular weight excluding hydrogens is 214 g/mol. The first-order valence-corrected chi connectivity index (χ1v) is 5.27. The Balaban J connectivity index is 2.79. The number of aromatic nitrogens is 2. The summed E-state index contributed by atoms with van der Waals surface area (Å²) in [5.74, 6) is 0.726. The molecule has 1 rings (SSSR count). The van der Waals surface area contributed by atoms with E-state index in [-0.39, 0.29) is 0 Å². The lowest BCUT2D eigenvalue weighted by Gasteiger charge is -2.28. The van der Waals surface area contributed by atoms with Gasteiger partial charge in [0, 0.05) is 13.1 Å². The van der Waals surface area contributed by atoms with Crippen molar-refractivity contribution in [3.8, 4) is 0 Å². The van der Waals surface area contributed by atoms with Crippen LogP contribution in [0.15, 0.2) is 12.1 Å². The number of hydrogen-bond acceptors (Lipinski definition) is 4. The molecule has 0 saturated carbocycles. The second kappa shape index (κ2) is 4.77. The van der Waals surface area contributed by atoms with E-state index >= 15 is 0 Å². The highest BCUT2D eigenvalue weighted by Gasteiger charge is 2.18. The van der Waals surface area contributed by atoms with E-state index < -0.39 is 5.60 Å². The standard InChI is InChI=1S/C10H16ClN3O/c1-4-14(7-10(2,3)15)9-6-5-8(11)12-13-9/h5-6,15H,4,7H2,1-3H3. The fourth-order valence-corrected chi connectivity index (χ4v) is 1.40. The van der Waals surface area contributed by atoms with E-state index in [1.165, 1.54) is 0 Å². The van der Waals surface area contributed by atoms with Crippen molar-refractivity contribution >= 4 is 17.4 Å². The Bertz CT molecular complexity index is 307. The Morgan fingerprint density at radius 3 is 2.47 bits per heavy atom. The third-order valence-corrected chi connectivity index (χ3v) is 2.10. The summed E-state index contributed by atoms with van der Waals surface area (Å²) in [6.07, 6.45) is 0. The van der Waals surface area contributed by atoms with E-state index in [0.717, 1.165) is 12.4 Å². The summed E-state index contributed by atoms with van der Waals surface area (Å²) in [5.41, 5.74) is -0.753. The van der Waals surface area contributed by atoms with Crippen LogP contribution in [-0.4, -0.2) is 34.0 Å². The van der Waals surface area contributed by atoms with Crippen LogP contribution in [0, 0.1) is 0 Å². The zero-order valence-electron chi connectivity index (χ0n) is 9.24. The SMILES string of the molecule is CCN(CC(C)(C)O)c1ccc(Cl)nn1. The minimum atomic E-state index is -0.753. The number of nitrogens with zero attached hydrogens (tertiary/aromatic N) is 3. The summed E-state index contributed by atoms with van der Waals surface area (Å²) >= 11 is 5.65. The van der Waals surface area contributed by atoms with Gasteiger partial charge in [-0.1, -0.05) is 11.6 Å². The average molecular weight is 230 g/mol. The lowest BCUT2D eigenvalue weighted by atomic mass is 10.1. The van der Waals surface area contributed by atoms with Gasteiger partial charge in [0.1, 0.15) is 0 Å². The molecule has 0 spiro atoms. The second-order valence-electron chi connectivity index (χ2n) is 4.04. The fraction of sp³-hybridized carbons (Fsp3) is 0.600. The normalized spacial score (nSPS) is 11.5. The molecular formula is C10H16ClN3O. The predicted octanol–water partition coefficient (Wildman–Crippen LogP) is 1.73. The van der Waals surface area contributed by atoms with Gasteiger partial charge in [-0.25, -0.2) is 0 Å². The van der Waals surface area contributed by atoms with Gasteiger partial charge in [-0.05, 0) is 32.9 Å². The third kappa shape index (κ3) is 4.01. The van der Waals surface area contributed by atoms with Gasteiger partial charge < -0.3 is 10.0 Å². The van der Waals surface area contributed by atoms with Crippen LogP contribution in [0.25, 0.3) is 0 Å². The Hall–Kier alpha value is -0.870. The molecule has 84 valence electrons. The van der Waals surface area contributed by atoms with Gasteiger partial charge in [0.2, 0.25) is 0 Å². The predicted molar refractivity (Wildman–Crippen MR) is 61.2 cm³/mol. The van der Waals surface area contributed by atoms with Crippen LogP contribution < -0.4 is 4.90 Å². The Morgan fingerprint density at radius 1 is 1.40 bits per heavy atom. The summed E-state index contributed by atoms with van der Waals surface area (Å²) in [6, 6.07) is 3.49. The third-order valence-electron chi connectivity index (χ3n) is 1.90. The van der Waals surface area contributed by atoms with Gasteiger partial charge in [0.15, 0.2) is 11.0 Å². The number of likely N-dealkylation sites (N-methyl/N-ethyl adjacent to an activating group) is 1. The summed E-state index contributed by atoms with van der Waals surface area (Å²) in [4.78, 5) is 1.95. The molecule has 0 bridgehead atoms. The molecule has 0 saturated heterocycles. The molecule has 1 N–H and O–H groups in total. The van der Waals surface area contributed by atoms with Crippen LogP contribution in [0.4, 0.5) is 5.82 Å².